The summed E-state index contributed by atoms with van der Waals surface area (Å²) >= 11 is 0. The third-order valence-corrected chi connectivity index (χ3v) is 5.66. The number of rotatable bonds is 4. The second kappa shape index (κ2) is 7.85. The highest BCUT2D eigenvalue weighted by atomic mass is 16.5. The van der Waals surface area contributed by atoms with Gasteiger partial charge in [-0.2, -0.15) is 0 Å². The largest absolute Gasteiger partial charge is 0.452 e. The molecule has 1 aliphatic rings. The van der Waals surface area contributed by atoms with Gasteiger partial charge in [-0.05, 0) is 49.8 Å². The molecule has 5 heteroatoms. The van der Waals surface area contributed by atoms with Crippen LogP contribution in [0.1, 0.15) is 38.8 Å². The zero-order chi connectivity index (χ0) is 22.2. The number of carbonyl (C=O) groups is 2. The van der Waals surface area contributed by atoms with Gasteiger partial charge in [-0.15, -0.1) is 0 Å². The minimum absolute atomic E-state index is 0.190. The molecule has 158 valence electrons. The third kappa shape index (κ3) is 3.38. The molecule has 0 atom stereocenters. The molecule has 0 N–H and O–H groups in total. The molecule has 4 aromatic rings. The Bertz CT molecular complexity index is 1410. The Balaban J connectivity index is 1.43. The van der Waals surface area contributed by atoms with Crippen molar-refractivity contribution >= 4 is 28.7 Å². The molecular weight excluding hydrogens is 402 g/mol. The number of ketones is 1. The van der Waals surface area contributed by atoms with Gasteiger partial charge >= 0.3 is 5.97 Å². The van der Waals surface area contributed by atoms with E-state index >= 15 is 0 Å². The molecule has 0 unspecified atom stereocenters. The molecule has 5 nitrogen and oxygen atoms in total. The van der Waals surface area contributed by atoms with Gasteiger partial charge in [-0.25, -0.2) is 4.79 Å². The van der Waals surface area contributed by atoms with Crippen molar-refractivity contribution in [1.82, 2.24) is 4.57 Å². The molecule has 1 aromatic heterocycles. The van der Waals surface area contributed by atoms with Crippen LogP contribution in [0.4, 0.5) is 0 Å². The predicted octanol–water partition coefficient (Wildman–Crippen LogP) is 5.81. The quantitative estimate of drug-likeness (QED) is 0.236. The maximum absolute atomic E-state index is 12.9. The van der Waals surface area contributed by atoms with Crippen LogP contribution < -0.4 is 9.47 Å². The standard InChI is InChI=1S/C27H21NO4/c1-3-28-16-18(21-10-6-7-11-23(21)28)14-25-26(29)22-13-12-19(15-24(22)32-25)31-27(30)20-9-5-4-8-17(20)2/h4-16H,3H2,1-2H3/b25-14+. The van der Waals surface area contributed by atoms with Gasteiger partial charge in [0.1, 0.15) is 11.5 Å². The molecule has 0 amide bonds. The third-order valence-electron chi connectivity index (χ3n) is 5.66. The highest BCUT2D eigenvalue weighted by Crippen LogP contribution is 2.36. The van der Waals surface area contributed by atoms with Crippen molar-refractivity contribution in [2.45, 2.75) is 20.4 Å². The fourth-order valence-electron chi connectivity index (χ4n) is 3.99. The van der Waals surface area contributed by atoms with Crippen molar-refractivity contribution in [3.63, 3.8) is 0 Å². The number of hydrogen-bond donors (Lipinski definition) is 0. The Morgan fingerprint density at radius 2 is 1.84 bits per heavy atom. The van der Waals surface area contributed by atoms with Gasteiger partial charge < -0.3 is 14.0 Å². The lowest BCUT2D eigenvalue weighted by atomic mass is 10.1. The summed E-state index contributed by atoms with van der Waals surface area (Å²) in [6, 6.07) is 20.1. The number of benzene rings is 3. The molecule has 0 bridgehead atoms. The normalized spacial score (nSPS) is 13.9. The van der Waals surface area contributed by atoms with Crippen LogP contribution in [-0.4, -0.2) is 16.3 Å². The second-order valence-electron chi connectivity index (χ2n) is 7.69. The number of para-hydroxylation sites is 1. The molecule has 2 heterocycles. The Kier molecular flexibility index (Phi) is 4.86. The van der Waals surface area contributed by atoms with E-state index in [1.807, 2.05) is 43.5 Å². The molecule has 32 heavy (non-hydrogen) atoms. The average Bonchev–Trinajstić information content (AvgIpc) is 3.31. The van der Waals surface area contributed by atoms with Crippen LogP contribution in [0, 0.1) is 6.92 Å². The number of ether oxygens (including phenoxy) is 2. The number of nitrogens with zero attached hydrogens (tertiary/aromatic N) is 1. The zero-order valence-corrected chi connectivity index (χ0v) is 17.8. The number of Topliss-reactive ketones (excluding diaryl/α,β-unsaturated/α-hetero) is 1. The highest BCUT2D eigenvalue weighted by molar-refractivity contribution is 6.15. The molecule has 0 saturated carbocycles. The van der Waals surface area contributed by atoms with Crippen molar-refractivity contribution in [2.75, 3.05) is 0 Å². The van der Waals surface area contributed by atoms with Gasteiger partial charge in [0.15, 0.2) is 5.76 Å². The van der Waals surface area contributed by atoms with E-state index in [2.05, 4.69) is 17.6 Å². The Morgan fingerprint density at radius 1 is 1.06 bits per heavy atom. The number of aryl methyl sites for hydroxylation is 2. The number of aromatic nitrogens is 1. The molecule has 0 saturated heterocycles. The van der Waals surface area contributed by atoms with Gasteiger partial charge in [0.2, 0.25) is 5.78 Å². The molecule has 0 spiro atoms. The minimum atomic E-state index is -0.449. The van der Waals surface area contributed by atoms with E-state index in [-0.39, 0.29) is 11.5 Å². The van der Waals surface area contributed by atoms with Gasteiger partial charge in [0.25, 0.3) is 0 Å². The monoisotopic (exact) mass is 423 g/mol. The molecular formula is C27H21NO4. The van der Waals surface area contributed by atoms with E-state index in [9.17, 15) is 9.59 Å². The summed E-state index contributed by atoms with van der Waals surface area (Å²) in [6.07, 6.45) is 3.79. The van der Waals surface area contributed by atoms with E-state index in [1.165, 1.54) is 0 Å². The van der Waals surface area contributed by atoms with Crippen molar-refractivity contribution < 1.29 is 19.1 Å². The van der Waals surface area contributed by atoms with Crippen molar-refractivity contribution in [3.05, 3.63) is 101 Å². The Morgan fingerprint density at radius 3 is 2.66 bits per heavy atom. The average molecular weight is 423 g/mol. The summed E-state index contributed by atoms with van der Waals surface area (Å²) in [5, 5.41) is 1.06. The molecule has 1 aliphatic heterocycles. The summed E-state index contributed by atoms with van der Waals surface area (Å²) in [6.45, 7) is 4.76. The van der Waals surface area contributed by atoms with E-state index in [0.717, 1.165) is 28.6 Å². The summed E-state index contributed by atoms with van der Waals surface area (Å²) in [5.41, 5.74) is 3.81. The number of carbonyl (C=O) groups excluding carboxylic acids is 2. The number of esters is 1. The zero-order valence-electron chi connectivity index (χ0n) is 17.8. The first-order valence-electron chi connectivity index (χ1n) is 10.5. The first-order chi connectivity index (χ1) is 15.5. The molecule has 0 radical (unpaired) electrons. The van der Waals surface area contributed by atoms with Crippen molar-refractivity contribution in [3.8, 4) is 11.5 Å². The minimum Gasteiger partial charge on any atom is -0.452 e. The Labute approximate surface area is 185 Å². The van der Waals surface area contributed by atoms with Crippen LogP contribution in [-0.2, 0) is 6.54 Å². The van der Waals surface area contributed by atoms with Crippen LogP contribution in [0.15, 0.2) is 78.7 Å². The summed E-state index contributed by atoms with van der Waals surface area (Å²) in [4.78, 5) is 25.4. The van der Waals surface area contributed by atoms with Crippen LogP contribution in [0.2, 0.25) is 0 Å². The summed E-state index contributed by atoms with van der Waals surface area (Å²) < 4.78 is 13.5. The maximum Gasteiger partial charge on any atom is 0.343 e. The molecule has 5 rings (SSSR count). The van der Waals surface area contributed by atoms with Gasteiger partial charge in [-0.3, -0.25) is 4.79 Å². The van der Waals surface area contributed by atoms with E-state index < -0.39 is 5.97 Å². The summed E-state index contributed by atoms with van der Waals surface area (Å²) in [5.74, 6) is 0.325. The fraction of sp³-hybridized carbons (Fsp3) is 0.111. The lowest BCUT2D eigenvalue weighted by molar-refractivity contribution is 0.0733. The van der Waals surface area contributed by atoms with Gasteiger partial charge in [-0.1, -0.05) is 36.4 Å². The van der Waals surface area contributed by atoms with Crippen molar-refractivity contribution in [1.29, 1.82) is 0 Å². The van der Waals surface area contributed by atoms with E-state index in [0.29, 0.717) is 22.6 Å². The Hall–Kier alpha value is -4.12. The van der Waals surface area contributed by atoms with Crippen LogP contribution in [0.5, 0.6) is 11.5 Å². The first-order valence-corrected chi connectivity index (χ1v) is 10.5. The summed E-state index contributed by atoms with van der Waals surface area (Å²) in [7, 11) is 0. The SMILES string of the molecule is CCn1cc(/C=C2/Oc3cc(OC(=O)c4ccccc4C)ccc3C2=O)c2ccccc21. The lowest BCUT2D eigenvalue weighted by Gasteiger charge is -2.07. The number of hydrogen-bond acceptors (Lipinski definition) is 4. The van der Waals surface area contributed by atoms with Gasteiger partial charge in [0.05, 0.1) is 11.1 Å². The number of fused-ring (bicyclic) bond motifs is 2. The van der Waals surface area contributed by atoms with Crippen molar-refractivity contribution in [2.24, 2.45) is 0 Å². The van der Waals surface area contributed by atoms with Crippen LogP contribution in [0.25, 0.3) is 17.0 Å². The number of allylic oxidation sites excluding steroid dienone is 1. The molecule has 0 fully saturated rings. The predicted molar refractivity (Wildman–Crippen MR) is 123 cm³/mol. The smallest absolute Gasteiger partial charge is 0.343 e. The topological polar surface area (TPSA) is 57.5 Å². The maximum atomic E-state index is 12.9. The highest BCUT2D eigenvalue weighted by Gasteiger charge is 2.28. The van der Waals surface area contributed by atoms with E-state index in [4.69, 9.17) is 9.47 Å². The fourth-order valence-corrected chi connectivity index (χ4v) is 3.99. The van der Waals surface area contributed by atoms with Crippen LogP contribution in [0.3, 0.4) is 0 Å². The van der Waals surface area contributed by atoms with E-state index in [1.54, 1.807) is 36.4 Å². The molecule has 0 aliphatic carbocycles. The molecule has 3 aromatic carbocycles. The second-order valence-corrected chi connectivity index (χ2v) is 7.69. The van der Waals surface area contributed by atoms with Crippen LogP contribution >= 0.6 is 0 Å². The van der Waals surface area contributed by atoms with Gasteiger partial charge in [0, 0.05) is 35.3 Å². The lowest BCUT2D eigenvalue weighted by Crippen LogP contribution is -2.10. The first kappa shape index (κ1) is 19.8.